The zero-order valence-electron chi connectivity index (χ0n) is 9.80. The summed E-state index contributed by atoms with van der Waals surface area (Å²) >= 11 is 3.18. The molecule has 1 aliphatic rings. The first-order chi connectivity index (χ1) is 9.10. The number of halogens is 3. The monoisotopic (exact) mass is 332 g/mol. The first-order valence-corrected chi connectivity index (χ1v) is 6.15. The maximum absolute atomic E-state index is 12.5. The van der Waals surface area contributed by atoms with Gasteiger partial charge in [-0.05, 0) is 15.9 Å². The third-order valence-electron chi connectivity index (χ3n) is 2.46. The summed E-state index contributed by atoms with van der Waals surface area (Å²) in [7, 11) is 0. The van der Waals surface area contributed by atoms with Gasteiger partial charge in [0.05, 0.1) is 18.9 Å². The van der Waals surface area contributed by atoms with Crippen molar-refractivity contribution in [3.63, 3.8) is 0 Å². The van der Waals surface area contributed by atoms with Crippen molar-refractivity contribution >= 4 is 28.1 Å². The zero-order chi connectivity index (χ0) is 13.8. The van der Waals surface area contributed by atoms with Gasteiger partial charge in [-0.25, -0.2) is 9.97 Å². The normalized spacial score (nSPS) is 14.1. The number of hydrogen-bond acceptors (Lipinski definition) is 6. The van der Waals surface area contributed by atoms with Gasteiger partial charge in [-0.2, -0.15) is 13.9 Å². The highest BCUT2D eigenvalue weighted by Crippen LogP contribution is 2.16. The molecule has 0 fully saturated rings. The molecule has 1 aromatic heterocycles. The Kier molecular flexibility index (Phi) is 4.38. The number of hydrazone groups is 1. The molecule has 6 nitrogen and oxygen atoms in total. The molecule has 0 aromatic carbocycles. The van der Waals surface area contributed by atoms with Gasteiger partial charge in [-0.3, -0.25) is 9.91 Å². The molecule has 19 heavy (non-hydrogen) atoms. The van der Waals surface area contributed by atoms with E-state index in [0.29, 0.717) is 17.1 Å². The van der Waals surface area contributed by atoms with Crippen LogP contribution in [-0.2, 0) is 0 Å². The lowest BCUT2D eigenvalue weighted by atomic mass is 10.3. The molecule has 2 heterocycles. The average Bonchev–Trinajstić information content (AvgIpc) is 2.85. The molecule has 0 bridgehead atoms. The highest BCUT2D eigenvalue weighted by Gasteiger charge is 2.18. The van der Waals surface area contributed by atoms with E-state index in [9.17, 15) is 8.78 Å². The van der Waals surface area contributed by atoms with Crippen LogP contribution >= 0.6 is 15.9 Å². The predicted molar refractivity (Wildman–Crippen MR) is 70.6 cm³/mol. The van der Waals surface area contributed by atoms with Gasteiger partial charge < -0.3 is 5.73 Å². The molecule has 0 amide bonds. The van der Waals surface area contributed by atoms with E-state index >= 15 is 0 Å². The Labute approximate surface area is 116 Å². The summed E-state index contributed by atoms with van der Waals surface area (Å²) in [5, 5.41) is 5.50. The van der Waals surface area contributed by atoms with Gasteiger partial charge in [0.15, 0.2) is 5.82 Å². The van der Waals surface area contributed by atoms with Gasteiger partial charge in [0.1, 0.15) is 17.6 Å². The van der Waals surface area contributed by atoms with Crippen LogP contribution in [0, 0.1) is 0 Å². The van der Waals surface area contributed by atoms with Crippen LogP contribution in [0.5, 0.6) is 0 Å². The Morgan fingerprint density at radius 3 is 2.74 bits per heavy atom. The number of aromatic nitrogens is 2. The van der Waals surface area contributed by atoms with E-state index in [1.54, 1.807) is 17.3 Å². The van der Waals surface area contributed by atoms with Crippen molar-refractivity contribution in [2.75, 3.05) is 24.7 Å². The Bertz CT molecular complexity index is 499. The second-order valence-electron chi connectivity index (χ2n) is 3.77. The second kappa shape index (κ2) is 6.02. The van der Waals surface area contributed by atoms with Crippen molar-refractivity contribution in [3.8, 4) is 0 Å². The molecule has 102 valence electrons. The maximum atomic E-state index is 12.5. The third-order valence-corrected chi connectivity index (χ3v) is 2.87. The fraction of sp³-hybridized carbons (Fsp3) is 0.300. The van der Waals surface area contributed by atoms with Gasteiger partial charge in [0.2, 0.25) is 0 Å². The summed E-state index contributed by atoms with van der Waals surface area (Å²) in [4.78, 5) is 9.88. The molecule has 2 N–H and O–H groups in total. The van der Waals surface area contributed by atoms with E-state index in [1.807, 2.05) is 0 Å². The Morgan fingerprint density at radius 2 is 2.16 bits per heavy atom. The van der Waals surface area contributed by atoms with E-state index in [4.69, 9.17) is 5.73 Å². The van der Waals surface area contributed by atoms with Crippen LogP contribution in [0.1, 0.15) is 0 Å². The Hall–Kier alpha value is -1.61. The quantitative estimate of drug-likeness (QED) is 0.901. The van der Waals surface area contributed by atoms with E-state index in [1.165, 1.54) is 11.3 Å². The number of nitrogens with zero attached hydrogens (tertiary/aromatic N) is 5. The molecule has 0 atom stereocenters. The van der Waals surface area contributed by atoms with E-state index in [2.05, 4.69) is 31.0 Å². The number of anilines is 1. The van der Waals surface area contributed by atoms with Crippen LogP contribution in [0.2, 0.25) is 0 Å². The van der Waals surface area contributed by atoms with Gasteiger partial charge >= 0.3 is 0 Å². The van der Waals surface area contributed by atoms with Crippen LogP contribution in [0.25, 0.3) is 0 Å². The van der Waals surface area contributed by atoms with Crippen LogP contribution < -0.4 is 10.6 Å². The van der Waals surface area contributed by atoms with Gasteiger partial charge in [0, 0.05) is 12.1 Å². The fourth-order valence-electron chi connectivity index (χ4n) is 1.48. The van der Waals surface area contributed by atoms with Crippen molar-refractivity contribution in [1.29, 1.82) is 0 Å². The van der Waals surface area contributed by atoms with Crippen molar-refractivity contribution in [3.05, 3.63) is 28.7 Å². The summed E-state index contributed by atoms with van der Waals surface area (Å²) in [5.74, 6) is 0.591. The van der Waals surface area contributed by atoms with Crippen LogP contribution in [0.15, 0.2) is 33.8 Å². The Balaban J connectivity index is 1.99. The highest BCUT2D eigenvalue weighted by atomic mass is 79.9. The average molecular weight is 333 g/mol. The number of rotatable bonds is 4. The van der Waals surface area contributed by atoms with E-state index < -0.39 is 6.08 Å². The molecule has 0 spiro atoms. The van der Waals surface area contributed by atoms with E-state index in [0.717, 1.165) is 0 Å². The molecule has 0 saturated heterocycles. The molecule has 1 aromatic rings. The lowest BCUT2D eigenvalue weighted by Gasteiger charge is -2.18. The minimum atomic E-state index is -1.75. The largest absolute Gasteiger partial charge is 0.327 e. The first kappa shape index (κ1) is 13.8. The predicted octanol–water partition coefficient (Wildman–Crippen LogP) is 1.37. The topological polar surface area (TPSA) is 70.6 Å². The number of hydrogen-bond donors (Lipinski definition) is 1. The smallest absolute Gasteiger partial charge is 0.272 e. The summed E-state index contributed by atoms with van der Waals surface area (Å²) < 4.78 is 25.6. The summed E-state index contributed by atoms with van der Waals surface area (Å²) in [6.07, 6.45) is 2.88. The lowest BCUT2D eigenvalue weighted by Crippen LogP contribution is -2.29. The van der Waals surface area contributed by atoms with Crippen molar-refractivity contribution in [2.45, 2.75) is 0 Å². The molecule has 0 aliphatic carbocycles. The Morgan fingerprint density at radius 1 is 1.37 bits per heavy atom. The SMILES string of the molecule is NCC(CN1CN(c2cnc(Br)cn2)C=N1)=C(F)F. The van der Waals surface area contributed by atoms with Gasteiger partial charge in [0.25, 0.3) is 6.08 Å². The molecular formula is C10H11BrF2N6. The highest BCUT2D eigenvalue weighted by molar-refractivity contribution is 9.10. The van der Waals surface area contributed by atoms with Crippen LogP contribution in [-0.4, -0.2) is 41.1 Å². The lowest BCUT2D eigenvalue weighted by molar-refractivity contribution is 0.326. The summed E-state index contributed by atoms with van der Waals surface area (Å²) in [6, 6.07) is 0. The fourth-order valence-corrected chi connectivity index (χ4v) is 1.69. The maximum Gasteiger partial charge on any atom is 0.272 e. The van der Waals surface area contributed by atoms with E-state index in [-0.39, 0.29) is 18.7 Å². The summed E-state index contributed by atoms with van der Waals surface area (Å²) in [6.45, 7) is 0.134. The van der Waals surface area contributed by atoms with Crippen molar-refractivity contribution < 1.29 is 8.78 Å². The van der Waals surface area contributed by atoms with Gasteiger partial charge in [-0.15, -0.1) is 0 Å². The van der Waals surface area contributed by atoms with Gasteiger partial charge in [-0.1, -0.05) is 0 Å². The van der Waals surface area contributed by atoms with Crippen molar-refractivity contribution in [2.24, 2.45) is 10.8 Å². The molecule has 0 radical (unpaired) electrons. The minimum absolute atomic E-state index is 0.00418. The minimum Gasteiger partial charge on any atom is -0.327 e. The first-order valence-electron chi connectivity index (χ1n) is 5.36. The summed E-state index contributed by atoms with van der Waals surface area (Å²) in [5.41, 5.74) is 5.13. The standard InChI is InChI=1S/C10H11BrF2N6/c11-8-2-16-9(3-15-8)18-5-17-19(6-18)4-7(1-14)10(12)13/h2-3,5H,1,4,6,14H2. The molecule has 2 rings (SSSR count). The molecular weight excluding hydrogens is 322 g/mol. The van der Waals surface area contributed by atoms with Crippen molar-refractivity contribution in [1.82, 2.24) is 15.0 Å². The molecule has 1 aliphatic heterocycles. The number of nitrogens with two attached hydrogens (primary N) is 1. The molecule has 0 unspecified atom stereocenters. The molecule has 0 saturated carbocycles. The second-order valence-corrected chi connectivity index (χ2v) is 4.58. The molecule has 9 heteroatoms. The zero-order valence-corrected chi connectivity index (χ0v) is 11.4. The third kappa shape index (κ3) is 3.44. The van der Waals surface area contributed by atoms with Crippen LogP contribution in [0.3, 0.4) is 0 Å². The van der Waals surface area contributed by atoms with Crippen LogP contribution in [0.4, 0.5) is 14.6 Å².